The second-order valence-corrected chi connectivity index (χ2v) is 4.00. The number of hydrogen-bond donors (Lipinski definition) is 2. The van der Waals surface area contributed by atoms with Gasteiger partial charge in [-0.15, -0.1) is 0 Å². The van der Waals surface area contributed by atoms with Crippen molar-refractivity contribution >= 4 is 11.9 Å². The molecule has 0 saturated carbocycles. The van der Waals surface area contributed by atoms with Crippen LogP contribution in [0.4, 0.5) is 0 Å². The van der Waals surface area contributed by atoms with Gasteiger partial charge in [0.25, 0.3) is 5.91 Å². The van der Waals surface area contributed by atoms with Gasteiger partial charge in [-0.05, 0) is 13.0 Å². The largest absolute Gasteiger partial charge is 0.480 e. The highest BCUT2D eigenvalue weighted by Gasteiger charge is 2.32. The number of nitrogens with one attached hydrogen (secondary N) is 1. The smallest absolute Gasteiger partial charge is 0.327 e. The molecule has 17 heavy (non-hydrogen) atoms. The van der Waals surface area contributed by atoms with Crippen LogP contribution in [0.3, 0.4) is 0 Å². The Morgan fingerprint density at radius 2 is 2.35 bits per heavy atom. The number of rotatable bonds is 2. The molecule has 2 N–H and O–H groups in total. The fourth-order valence-electron chi connectivity index (χ4n) is 1.89. The highest BCUT2D eigenvalue weighted by Crippen LogP contribution is 2.13. The summed E-state index contributed by atoms with van der Waals surface area (Å²) in [5.41, 5.74) is 0.399. The third-order valence-corrected chi connectivity index (χ3v) is 2.77. The first-order valence-electron chi connectivity index (χ1n) is 5.39. The molecule has 1 aliphatic heterocycles. The third-order valence-electron chi connectivity index (χ3n) is 2.77. The molecule has 92 valence electrons. The van der Waals surface area contributed by atoms with Crippen LogP contribution in [-0.2, 0) is 4.79 Å². The predicted octanol–water partition coefficient (Wildman–Crippen LogP) is 0.0866. The molecule has 6 nitrogen and oxygen atoms in total. The van der Waals surface area contributed by atoms with Crippen LogP contribution in [0.25, 0.3) is 0 Å². The van der Waals surface area contributed by atoms with Crippen LogP contribution in [0.5, 0.6) is 0 Å². The first kappa shape index (κ1) is 11.7. The van der Waals surface area contributed by atoms with Crippen LogP contribution in [0, 0.1) is 6.92 Å². The zero-order valence-corrected chi connectivity index (χ0v) is 9.47. The number of aliphatic carboxylic acids is 1. The van der Waals surface area contributed by atoms with Crippen molar-refractivity contribution in [2.75, 3.05) is 19.6 Å². The maximum absolute atomic E-state index is 12.1. The molecule has 2 heterocycles. The van der Waals surface area contributed by atoms with Crippen LogP contribution in [0.2, 0.25) is 0 Å². The minimum absolute atomic E-state index is 0.276. The quantitative estimate of drug-likeness (QED) is 0.762. The molecule has 1 aromatic heterocycles. The number of furan rings is 1. The van der Waals surface area contributed by atoms with Crippen molar-refractivity contribution in [2.24, 2.45) is 0 Å². The van der Waals surface area contributed by atoms with Gasteiger partial charge >= 0.3 is 5.97 Å². The van der Waals surface area contributed by atoms with Gasteiger partial charge in [-0.1, -0.05) is 0 Å². The molecule has 0 radical (unpaired) electrons. The van der Waals surface area contributed by atoms with Crippen LogP contribution < -0.4 is 5.32 Å². The molecule has 2 rings (SSSR count). The molecule has 1 saturated heterocycles. The lowest BCUT2D eigenvalue weighted by molar-refractivity contribution is -0.142. The third kappa shape index (κ3) is 2.31. The number of aryl methyl sites for hydroxylation is 1. The zero-order valence-electron chi connectivity index (χ0n) is 9.47. The lowest BCUT2D eigenvalue weighted by atomic mass is 10.1. The molecule has 1 fully saturated rings. The Labute approximate surface area is 98.2 Å². The Balaban J connectivity index is 2.19. The van der Waals surface area contributed by atoms with Gasteiger partial charge in [-0.3, -0.25) is 4.79 Å². The maximum atomic E-state index is 12.1. The summed E-state index contributed by atoms with van der Waals surface area (Å²) in [6.07, 6.45) is 1.36. The van der Waals surface area contributed by atoms with Crippen molar-refractivity contribution in [3.63, 3.8) is 0 Å². The zero-order chi connectivity index (χ0) is 12.4. The van der Waals surface area contributed by atoms with Gasteiger partial charge in [0.2, 0.25) is 0 Å². The van der Waals surface area contributed by atoms with Gasteiger partial charge in [-0.2, -0.15) is 0 Å². The normalized spacial score (nSPS) is 20.3. The summed E-state index contributed by atoms with van der Waals surface area (Å²) in [6.45, 7) is 3.01. The SMILES string of the molecule is Cc1cc(C(=O)N2CCNCC2C(=O)O)co1. The molecule has 0 aromatic carbocycles. The molecule has 0 aliphatic carbocycles. The molecule has 1 aliphatic rings. The number of piperazine rings is 1. The summed E-state index contributed by atoms with van der Waals surface area (Å²) in [5.74, 6) is -0.656. The number of carbonyl (C=O) groups is 2. The summed E-state index contributed by atoms with van der Waals surface area (Å²) in [7, 11) is 0. The number of amides is 1. The predicted molar refractivity (Wildman–Crippen MR) is 58.8 cm³/mol. The summed E-state index contributed by atoms with van der Waals surface area (Å²) in [5, 5.41) is 12.0. The van der Waals surface area contributed by atoms with E-state index in [1.54, 1.807) is 13.0 Å². The van der Waals surface area contributed by atoms with Crippen molar-refractivity contribution in [1.82, 2.24) is 10.2 Å². The lowest BCUT2D eigenvalue weighted by Gasteiger charge is -2.33. The summed E-state index contributed by atoms with van der Waals surface area (Å²) < 4.78 is 5.06. The van der Waals surface area contributed by atoms with Crippen LogP contribution in [-0.4, -0.2) is 47.6 Å². The monoisotopic (exact) mass is 238 g/mol. The summed E-state index contributed by atoms with van der Waals surface area (Å²) in [6, 6.07) is 0.801. The molecular weight excluding hydrogens is 224 g/mol. The average Bonchev–Trinajstić information content (AvgIpc) is 2.75. The van der Waals surface area contributed by atoms with E-state index in [1.165, 1.54) is 11.2 Å². The van der Waals surface area contributed by atoms with Crippen LogP contribution >= 0.6 is 0 Å². The van der Waals surface area contributed by atoms with Crippen LogP contribution in [0.1, 0.15) is 16.1 Å². The summed E-state index contributed by atoms with van der Waals surface area (Å²) in [4.78, 5) is 24.5. The highest BCUT2D eigenvalue weighted by molar-refractivity contribution is 5.96. The Bertz CT molecular complexity index is 440. The van der Waals surface area contributed by atoms with Gasteiger partial charge < -0.3 is 19.7 Å². The van der Waals surface area contributed by atoms with E-state index in [1.807, 2.05) is 0 Å². The molecule has 0 spiro atoms. The Morgan fingerprint density at radius 1 is 1.59 bits per heavy atom. The Hall–Kier alpha value is -1.82. The fraction of sp³-hybridized carbons (Fsp3) is 0.455. The molecule has 1 amide bonds. The van der Waals surface area contributed by atoms with E-state index >= 15 is 0 Å². The Kier molecular flexibility index (Phi) is 3.14. The van der Waals surface area contributed by atoms with E-state index in [0.717, 1.165) is 0 Å². The molecular formula is C11H14N2O4. The lowest BCUT2D eigenvalue weighted by Crippen LogP contribution is -2.56. The van der Waals surface area contributed by atoms with E-state index in [4.69, 9.17) is 9.52 Å². The highest BCUT2D eigenvalue weighted by atomic mass is 16.4. The van der Waals surface area contributed by atoms with Crippen molar-refractivity contribution in [3.8, 4) is 0 Å². The van der Waals surface area contributed by atoms with Gasteiger partial charge in [0.1, 0.15) is 18.1 Å². The average molecular weight is 238 g/mol. The van der Waals surface area contributed by atoms with Crippen molar-refractivity contribution in [1.29, 1.82) is 0 Å². The minimum Gasteiger partial charge on any atom is -0.480 e. The summed E-state index contributed by atoms with van der Waals surface area (Å²) >= 11 is 0. The van der Waals surface area contributed by atoms with Gasteiger partial charge in [-0.25, -0.2) is 4.79 Å². The minimum atomic E-state index is -0.995. The van der Waals surface area contributed by atoms with E-state index < -0.39 is 12.0 Å². The Morgan fingerprint density at radius 3 is 2.94 bits per heavy atom. The van der Waals surface area contributed by atoms with Gasteiger partial charge in [0, 0.05) is 19.6 Å². The number of carbonyl (C=O) groups excluding carboxylic acids is 1. The van der Waals surface area contributed by atoms with E-state index in [0.29, 0.717) is 24.4 Å². The van der Waals surface area contributed by atoms with E-state index in [2.05, 4.69) is 5.32 Å². The van der Waals surface area contributed by atoms with Crippen molar-refractivity contribution in [3.05, 3.63) is 23.7 Å². The molecule has 6 heteroatoms. The molecule has 1 atom stereocenters. The van der Waals surface area contributed by atoms with Gasteiger partial charge in [0.05, 0.1) is 5.56 Å². The number of nitrogens with zero attached hydrogens (tertiary/aromatic N) is 1. The maximum Gasteiger partial charge on any atom is 0.327 e. The molecule has 0 bridgehead atoms. The van der Waals surface area contributed by atoms with E-state index in [-0.39, 0.29) is 12.5 Å². The number of hydrogen-bond acceptors (Lipinski definition) is 4. The van der Waals surface area contributed by atoms with Crippen molar-refractivity contribution < 1.29 is 19.1 Å². The second kappa shape index (κ2) is 4.58. The fourth-order valence-corrected chi connectivity index (χ4v) is 1.89. The topological polar surface area (TPSA) is 82.8 Å². The van der Waals surface area contributed by atoms with Crippen LogP contribution in [0.15, 0.2) is 16.7 Å². The number of carboxylic acid groups (broad SMARTS) is 1. The first-order valence-corrected chi connectivity index (χ1v) is 5.39. The molecule has 1 unspecified atom stereocenters. The first-order chi connectivity index (χ1) is 8.09. The molecule has 1 aromatic rings. The standard InChI is InChI=1S/C11H14N2O4/c1-7-4-8(6-17-7)10(14)13-3-2-12-5-9(13)11(15)16/h4,6,9,12H,2-3,5H2,1H3,(H,15,16). The van der Waals surface area contributed by atoms with Gasteiger partial charge in [0.15, 0.2) is 0 Å². The van der Waals surface area contributed by atoms with Crippen molar-refractivity contribution in [2.45, 2.75) is 13.0 Å². The number of carboxylic acids is 1. The second-order valence-electron chi connectivity index (χ2n) is 4.00. The van der Waals surface area contributed by atoms with E-state index in [9.17, 15) is 9.59 Å².